The summed E-state index contributed by atoms with van der Waals surface area (Å²) in [6.45, 7) is 2.96. The summed E-state index contributed by atoms with van der Waals surface area (Å²) in [5.74, 6) is -0.822. The molecule has 0 fully saturated rings. The van der Waals surface area contributed by atoms with Crippen molar-refractivity contribution in [2.75, 3.05) is 37.6 Å². The molecule has 2 aliphatic heterocycles. The van der Waals surface area contributed by atoms with E-state index < -0.39 is 5.97 Å². The second-order valence-corrected chi connectivity index (χ2v) is 8.45. The Labute approximate surface area is 192 Å². The van der Waals surface area contributed by atoms with Crippen molar-refractivity contribution in [3.05, 3.63) is 28.8 Å². The van der Waals surface area contributed by atoms with Gasteiger partial charge in [-0.1, -0.05) is 11.6 Å². The zero-order chi connectivity index (χ0) is 22.9. The Kier molecular flexibility index (Phi) is 8.72. The summed E-state index contributed by atoms with van der Waals surface area (Å²) in [5.41, 5.74) is 1.26. The minimum Gasteiger partial charge on any atom is -0.481 e. The number of carboxylic acid groups (broad SMARTS) is 1. The molecule has 1 aromatic rings. The molecule has 9 nitrogen and oxygen atoms in total. The monoisotopic (exact) mass is 463 g/mol. The van der Waals surface area contributed by atoms with Crippen molar-refractivity contribution in [3.8, 4) is 0 Å². The molecule has 0 aromatic heterocycles. The van der Waals surface area contributed by atoms with Crippen molar-refractivity contribution >= 4 is 41.0 Å². The predicted octanol–water partition coefficient (Wildman–Crippen LogP) is 1.86. The first-order valence-corrected chi connectivity index (χ1v) is 11.4. The van der Waals surface area contributed by atoms with E-state index in [0.29, 0.717) is 29.2 Å². The highest BCUT2D eigenvalue weighted by Gasteiger charge is 2.30. The Hall–Kier alpha value is -2.81. The fraction of sp³-hybridized carbons (Fsp3) is 0.545. The van der Waals surface area contributed by atoms with Crippen LogP contribution in [0.25, 0.3) is 0 Å². The fourth-order valence-electron chi connectivity index (χ4n) is 3.99. The van der Waals surface area contributed by atoms with Gasteiger partial charge in [0.15, 0.2) is 5.96 Å². The molecular formula is C22H30ClN5O4. The molecule has 2 heterocycles. The van der Waals surface area contributed by atoms with Gasteiger partial charge in [0, 0.05) is 36.8 Å². The molecule has 174 valence electrons. The molecule has 0 radical (unpaired) electrons. The lowest BCUT2D eigenvalue weighted by atomic mass is 9.91. The van der Waals surface area contributed by atoms with E-state index in [9.17, 15) is 19.5 Å². The summed E-state index contributed by atoms with van der Waals surface area (Å²) in [6.07, 6.45) is 3.28. The van der Waals surface area contributed by atoms with Crippen LogP contribution in [0.1, 0.15) is 50.0 Å². The van der Waals surface area contributed by atoms with Crippen molar-refractivity contribution in [3.63, 3.8) is 0 Å². The number of fused-ring (bicyclic) bond motifs is 1. The third-order valence-corrected chi connectivity index (χ3v) is 5.83. The van der Waals surface area contributed by atoms with Crippen molar-refractivity contribution in [2.24, 2.45) is 4.99 Å². The second kappa shape index (κ2) is 11.7. The number of hydrogen-bond acceptors (Lipinski definition) is 6. The number of guanidine groups is 1. The van der Waals surface area contributed by atoms with Crippen molar-refractivity contribution in [2.45, 2.75) is 44.4 Å². The molecule has 0 spiro atoms. The highest BCUT2D eigenvalue weighted by molar-refractivity contribution is 6.30. The van der Waals surface area contributed by atoms with Gasteiger partial charge >= 0.3 is 5.97 Å². The van der Waals surface area contributed by atoms with Crippen LogP contribution in [-0.4, -0.2) is 61.6 Å². The fourth-order valence-corrected chi connectivity index (χ4v) is 4.17. The lowest BCUT2D eigenvalue weighted by Gasteiger charge is -2.24. The van der Waals surface area contributed by atoms with Crippen LogP contribution < -0.4 is 20.9 Å². The van der Waals surface area contributed by atoms with Crippen LogP contribution in [0, 0.1) is 0 Å². The normalized spacial score (nSPS) is 17.8. The summed E-state index contributed by atoms with van der Waals surface area (Å²) >= 11 is 6.13. The van der Waals surface area contributed by atoms with Gasteiger partial charge in [-0.2, -0.15) is 0 Å². The van der Waals surface area contributed by atoms with Crippen LogP contribution in [0.2, 0.25) is 5.02 Å². The van der Waals surface area contributed by atoms with Crippen molar-refractivity contribution in [1.29, 1.82) is 0 Å². The topological polar surface area (TPSA) is 123 Å². The van der Waals surface area contributed by atoms with E-state index >= 15 is 0 Å². The van der Waals surface area contributed by atoms with Gasteiger partial charge in [-0.15, -0.1) is 0 Å². The van der Waals surface area contributed by atoms with Crippen LogP contribution in [-0.2, 0) is 14.4 Å². The number of amides is 2. The number of aliphatic carboxylic acids is 1. The molecule has 1 atom stereocenters. The number of aliphatic imine (C=N–C) groups is 1. The Balaban J connectivity index is 1.49. The van der Waals surface area contributed by atoms with Crippen LogP contribution in [0.3, 0.4) is 0 Å². The van der Waals surface area contributed by atoms with Gasteiger partial charge in [-0.25, -0.2) is 0 Å². The number of anilines is 1. The molecule has 1 unspecified atom stereocenters. The first-order valence-electron chi connectivity index (χ1n) is 11.0. The average molecular weight is 464 g/mol. The van der Waals surface area contributed by atoms with Gasteiger partial charge in [0.2, 0.25) is 11.8 Å². The Bertz CT molecular complexity index is 876. The molecule has 0 aliphatic carbocycles. The SMILES string of the molecule is O=C(O)CC1CCC(=O)N(CC(=O)NCCCCCNC2=NCCN2)c2ccc(Cl)cc21. The number of nitrogens with zero attached hydrogens (tertiary/aromatic N) is 2. The summed E-state index contributed by atoms with van der Waals surface area (Å²) < 4.78 is 0. The zero-order valence-corrected chi connectivity index (χ0v) is 18.8. The van der Waals surface area contributed by atoms with E-state index in [0.717, 1.165) is 44.9 Å². The maximum atomic E-state index is 12.7. The largest absolute Gasteiger partial charge is 0.481 e. The molecule has 10 heteroatoms. The van der Waals surface area contributed by atoms with Crippen LogP contribution in [0.15, 0.2) is 23.2 Å². The van der Waals surface area contributed by atoms with Crippen molar-refractivity contribution in [1.82, 2.24) is 16.0 Å². The summed E-state index contributed by atoms with van der Waals surface area (Å²) in [5, 5.41) is 19.0. The van der Waals surface area contributed by atoms with Gasteiger partial charge in [0.1, 0.15) is 6.54 Å². The molecule has 2 aliphatic rings. The Morgan fingerprint density at radius 3 is 2.81 bits per heavy atom. The molecule has 32 heavy (non-hydrogen) atoms. The number of unbranched alkanes of at least 4 members (excludes halogenated alkanes) is 2. The van der Waals surface area contributed by atoms with E-state index in [2.05, 4.69) is 20.9 Å². The molecule has 2 amide bonds. The number of carbonyl (C=O) groups excluding carboxylic acids is 2. The number of halogens is 1. The van der Waals surface area contributed by atoms with Gasteiger partial charge in [-0.3, -0.25) is 19.4 Å². The van der Waals surface area contributed by atoms with Gasteiger partial charge < -0.3 is 26.0 Å². The zero-order valence-electron chi connectivity index (χ0n) is 18.0. The van der Waals surface area contributed by atoms with Gasteiger partial charge in [0.25, 0.3) is 0 Å². The smallest absolute Gasteiger partial charge is 0.303 e. The molecule has 1 aromatic carbocycles. The van der Waals surface area contributed by atoms with Crippen LogP contribution in [0.4, 0.5) is 5.69 Å². The third-order valence-electron chi connectivity index (χ3n) is 5.59. The molecule has 0 saturated heterocycles. The quantitative estimate of drug-likeness (QED) is 0.393. The minimum atomic E-state index is -0.928. The molecule has 3 rings (SSSR count). The molecule has 0 saturated carbocycles. The molecule has 0 bridgehead atoms. The van der Waals surface area contributed by atoms with E-state index in [4.69, 9.17) is 11.6 Å². The maximum absolute atomic E-state index is 12.7. The molecule has 4 N–H and O–H groups in total. The number of carbonyl (C=O) groups is 3. The highest BCUT2D eigenvalue weighted by atomic mass is 35.5. The van der Waals surface area contributed by atoms with E-state index in [-0.39, 0.29) is 37.1 Å². The number of nitrogens with one attached hydrogen (secondary N) is 3. The number of rotatable bonds is 10. The van der Waals surface area contributed by atoms with Crippen LogP contribution >= 0.6 is 11.6 Å². The maximum Gasteiger partial charge on any atom is 0.303 e. The second-order valence-electron chi connectivity index (χ2n) is 8.01. The van der Waals surface area contributed by atoms with Crippen molar-refractivity contribution < 1.29 is 19.5 Å². The Morgan fingerprint density at radius 1 is 1.25 bits per heavy atom. The average Bonchev–Trinajstić information content (AvgIpc) is 3.24. The number of hydrogen-bond donors (Lipinski definition) is 4. The lowest BCUT2D eigenvalue weighted by Crippen LogP contribution is -2.41. The first-order chi connectivity index (χ1) is 15.4. The number of carboxylic acids is 1. The minimum absolute atomic E-state index is 0.0844. The number of benzene rings is 1. The lowest BCUT2D eigenvalue weighted by molar-refractivity contribution is -0.137. The van der Waals surface area contributed by atoms with E-state index in [1.54, 1.807) is 18.2 Å². The predicted molar refractivity (Wildman–Crippen MR) is 123 cm³/mol. The van der Waals surface area contributed by atoms with Gasteiger partial charge in [-0.05, 0) is 55.4 Å². The van der Waals surface area contributed by atoms with Crippen LogP contribution in [0.5, 0.6) is 0 Å². The first kappa shape index (κ1) is 23.8. The van der Waals surface area contributed by atoms with E-state index in [1.165, 1.54) is 4.90 Å². The van der Waals surface area contributed by atoms with Gasteiger partial charge in [0.05, 0.1) is 13.0 Å². The standard InChI is InChI=1S/C22H30ClN5O4/c23-16-5-6-18-17(13-16)15(12-21(31)32)4-7-20(30)28(18)14-19(29)24-8-2-1-3-9-25-22-26-10-11-27-22/h5-6,13,15H,1-4,7-12,14H2,(H,24,29)(H,31,32)(H2,25,26,27). The summed E-state index contributed by atoms with van der Waals surface area (Å²) in [6, 6.07) is 5.05. The molecular weight excluding hydrogens is 434 g/mol. The Morgan fingerprint density at radius 2 is 2.06 bits per heavy atom. The van der Waals surface area contributed by atoms with E-state index in [1.807, 2.05) is 0 Å². The highest BCUT2D eigenvalue weighted by Crippen LogP contribution is 2.38. The summed E-state index contributed by atoms with van der Waals surface area (Å²) in [7, 11) is 0. The third kappa shape index (κ3) is 6.85. The summed E-state index contributed by atoms with van der Waals surface area (Å²) in [4.78, 5) is 42.2.